The van der Waals surface area contributed by atoms with Crippen LogP contribution < -0.4 is 69.5 Å². The lowest BCUT2D eigenvalue weighted by atomic mass is 9.98. The molecule has 33 heteroatoms. The van der Waals surface area contributed by atoms with Crippen molar-refractivity contribution < 1.29 is 72.5 Å². The van der Waals surface area contributed by atoms with Crippen LogP contribution in [0.3, 0.4) is 0 Å². The minimum absolute atomic E-state index is 0.0110. The van der Waals surface area contributed by atoms with Gasteiger partial charge in [0, 0.05) is 71.8 Å². The fourth-order valence-corrected chi connectivity index (χ4v) is 12.5. The normalized spacial score (nSPS) is 23.8. The van der Waals surface area contributed by atoms with Gasteiger partial charge in [-0.25, -0.2) is 4.98 Å². The monoisotopic (exact) mass is 1420 g/mol. The highest BCUT2D eigenvalue weighted by molar-refractivity contribution is 7.99. The fourth-order valence-electron chi connectivity index (χ4n) is 11.4. The Bertz CT molecular complexity index is 3710. The predicted octanol–water partition coefficient (Wildman–Crippen LogP) is -1.02. The molecule has 550 valence electrons. The van der Waals surface area contributed by atoms with Crippen LogP contribution >= 0.6 is 11.8 Å². The van der Waals surface area contributed by atoms with Gasteiger partial charge < -0.3 is 94.7 Å². The minimum atomic E-state index is -1.61. The Morgan fingerprint density at radius 1 is 0.594 bits per heavy atom. The number of nitrogens with two attached hydrogens (primary N) is 1. The van der Waals surface area contributed by atoms with Crippen LogP contribution in [-0.4, -0.2) is 205 Å². The van der Waals surface area contributed by atoms with Crippen LogP contribution in [0.15, 0.2) is 73.4 Å². The van der Waals surface area contributed by atoms with E-state index in [4.69, 9.17) is 5.73 Å². The van der Waals surface area contributed by atoms with E-state index in [1.807, 2.05) is 18.2 Å². The van der Waals surface area contributed by atoms with E-state index < -0.39 is 175 Å². The molecule has 19 N–H and O–H groups in total. The van der Waals surface area contributed by atoms with E-state index in [-0.39, 0.29) is 68.3 Å². The molecular weight excluding hydrogens is 1330 g/mol. The largest absolute Gasteiger partial charge is 0.481 e. The highest BCUT2D eigenvalue weighted by Crippen LogP contribution is 2.22. The number of carboxylic acid groups (broad SMARTS) is 1. The zero-order valence-electron chi connectivity index (χ0n) is 58.2. The number of carboxylic acids is 1. The Morgan fingerprint density at radius 3 is 1.62 bits per heavy atom. The quantitative estimate of drug-likeness (QED) is 0.0470. The molecule has 32 nitrogen and oxygen atoms in total. The molecule has 0 radical (unpaired) electrons. The number of benzene rings is 2. The lowest BCUT2D eigenvalue weighted by Gasteiger charge is -2.29. The van der Waals surface area contributed by atoms with E-state index >= 15 is 0 Å². The first-order valence-electron chi connectivity index (χ1n) is 33.7. The summed E-state index contributed by atoms with van der Waals surface area (Å²) in [5.74, 6) is -12.7. The molecule has 0 aliphatic carbocycles. The second-order valence-corrected chi connectivity index (χ2v) is 27.7. The summed E-state index contributed by atoms with van der Waals surface area (Å²) < 4.78 is 0. The lowest BCUT2D eigenvalue weighted by molar-refractivity contribution is -0.138. The maximum Gasteiger partial charge on any atom is 0.303 e. The van der Waals surface area contributed by atoms with Gasteiger partial charge in [-0.15, -0.1) is 0 Å². The zero-order chi connectivity index (χ0) is 74.2. The van der Waals surface area contributed by atoms with Crippen LogP contribution in [0.25, 0.3) is 21.8 Å². The van der Waals surface area contributed by atoms with Gasteiger partial charge in [-0.1, -0.05) is 77.9 Å². The second kappa shape index (κ2) is 38.6. The van der Waals surface area contributed by atoms with Gasteiger partial charge in [0.1, 0.15) is 60.4 Å². The van der Waals surface area contributed by atoms with Crippen molar-refractivity contribution >= 4 is 110 Å². The summed E-state index contributed by atoms with van der Waals surface area (Å²) in [5.41, 5.74) is 8.56. The van der Waals surface area contributed by atoms with Gasteiger partial charge in [0.25, 0.3) is 0 Å². The number of primary amides is 1. The molecule has 101 heavy (non-hydrogen) atoms. The number of aliphatic hydroxyl groups is 1. The van der Waals surface area contributed by atoms with E-state index in [0.29, 0.717) is 27.7 Å². The molecule has 6 rings (SSSR count). The Morgan fingerprint density at radius 2 is 1.10 bits per heavy atom. The number of fused-ring (bicyclic) bond motifs is 2. The molecule has 12 amide bonds. The highest BCUT2D eigenvalue weighted by Gasteiger charge is 2.38. The molecule has 0 bridgehead atoms. The number of aliphatic carboxylic acids is 1. The number of nitrogens with one attached hydrogen (secondary N) is 15. The number of likely N-dealkylation sites (N-methyl/N-ethyl adjacent to an activating group) is 1. The molecule has 0 saturated carbocycles. The van der Waals surface area contributed by atoms with Crippen LogP contribution in [-0.2, 0) is 81.6 Å². The number of hydrogen-bond acceptors (Lipinski definition) is 17. The average molecular weight is 1420 g/mol. The van der Waals surface area contributed by atoms with Crippen molar-refractivity contribution in [3.8, 4) is 0 Å². The molecule has 0 spiro atoms. The Hall–Kier alpha value is -9.89. The minimum Gasteiger partial charge on any atom is -0.481 e. The average Bonchev–Trinajstić information content (AvgIpc) is 1.71. The van der Waals surface area contributed by atoms with Gasteiger partial charge in [0.05, 0.1) is 25.0 Å². The number of H-pyrrole nitrogens is 3. The molecule has 0 unspecified atom stereocenters. The molecule has 1 aliphatic heterocycles. The van der Waals surface area contributed by atoms with E-state index in [2.05, 4.69) is 83.7 Å². The zero-order valence-corrected chi connectivity index (χ0v) is 59.0. The molecule has 2 aromatic carbocycles. The van der Waals surface area contributed by atoms with Gasteiger partial charge in [-0.05, 0) is 106 Å². The third-order valence-electron chi connectivity index (χ3n) is 17.0. The van der Waals surface area contributed by atoms with Crippen molar-refractivity contribution in [2.75, 3.05) is 25.1 Å². The van der Waals surface area contributed by atoms with Crippen LogP contribution in [0.4, 0.5) is 0 Å². The van der Waals surface area contributed by atoms with Gasteiger partial charge in [0.2, 0.25) is 70.9 Å². The number of thioether (sulfide) groups is 1. The fraction of sp³-hybridized carbons (Fsp3) is 0.529. The molecule has 1 saturated heterocycles. The molecule has 5 aromatic rings. The number of carbonyl (C=O) groups is 13. The Kier molecular flexibility index (Phi) is 30.6. The van der Waals surface area contributed by atoms with E-state index in [0.717, 1.165) is 10.9 Å². The van der Waals surface area contributed by atoms with Crippen LogP contribution in [0.1, 0.15) is 111 Å². The predicted molar refractivity (Wildman–Crippen MR) is 375 cm³/mol. The molecule has 1 aliphatic rings. The van der Waals surface area contributed by atoms with Crippen LogP contribution in [0.2, 0.25) is 0 Å². The summed E-state index contributed by atoms with van der Waals surface area (Å²) in [4.78, 5) is 196. The number of rotatable bonds is 19. The third-order valence-corrected chi connectivity index (χ3v) is 18.0. The SMILES string of the molecule is CN[C@H]1CCSCC[C@@H](C(=O)N[C@H](C(N)=O)[C@@H](C)O)NC(=O)[C@H](Cc2c[nH]c3ccccc23)NC(=O)[C@H](C(C)C)NC(=O)[C@H](CC(C)C)NC(=O)[C@H](CCC(=O)O)NC(=O)CNC(=O)[C@H](CC(C)C)NC(=O)[C@H](Cc2cnc[nH]2)NC(=O)[C@H](Cc2c[nH]c3ccccc23)NC(=O)[C@H](C)NC1=O. The maximum atomic E-state index is 14.9. The molecule has 4 heterocycles. The van der Waals surface area contributed by atoms with Gasteiger partial charge in [0.15, 0.2) is 0 Å². The van der Waals surface area contributed by atoms with Crippen molar-refractivity contribution in [3.63, 3.8) is 0 Å². The van der Waals surface area contributed by atoms with E-state index in [1.165, 1.54) is 45.2 Å². The summed E-state index contributed by atoms with van der Waals surface area (Å²) in [6.45, 7) is 12.1. The van der Waals surface area contributed by atoms with Crippen molar-refractivity contribution in [2.24, 2.45) is 23.5 Å². The Labute approximate surface area is 588 Å². The number of nitrogens with zero attached hydrogens (tertiary/aromatic N) is 1. The van der Waals surface area contributed by atoms with Crippen LogP contribution in [0, 0.1) is 17.8 Å². The molecule has 1 fully saturated rings. The van der Waals surface area contributed by atoms with Gasteiger partial charge in [-0.3, -0.25) is 62.3 Å². The Balaban J connectivity index is 1.37. The first-order chi connectivity index (χ1) is 47.9. The lowest BCUT2D eigenvalue weighted by Crippen LogP contribution is -2.61. The van der Waals surface area contributed by atoms with Crippen molar-refractivity contribution in [3.05, 3.63) is 90.3 Å². The summed E-state index contributed by atoms with van der Waals surface area (Å²) in [7, 11) is 1.54. The number of para-hydroxylation sites is 2. The van der Waals surface area contributed by atoms with Crippen molar-refractivity contribution in [2.45, 2.75) is 186 Å². The number of aromatic nitrogens is 4. The summed E-state index contributed by atoms with van der Waals surface area (Å²) in [6.07, 6.45) is 2.99. The van der Waals surface area contributed by atoms with Crippen molar-refractivity contribution in [1.29, 1.82) is 0 Å². The number of amides is 12. The number of carbonyl (C=O) groups excluding carboxylic acids is 12. The summed E-state index contributed by atoms with van der Waals surface area (Å²) in [6, 6.07) is -0.922. The third kappa shape index (κ3) is 24.5. The van der Waals surface area contributed by atoms with E-state index in [9.17, 15) is 72.5 Å². The number of imidazole rings is 1. The highest BCUT2D eigenvalue weighted by atomic mass is 32.2. The molecule has 3 aromatic heterocycles. The summed E-state index contributed by atoms with van der Waals surface area (Å²) in [5, 5.41) is 53.7. The number of aromatic amines is 3. The van der Waals surface area contributed by atoms with E-state index in [1.54, 1.807) is 84.3 Å². The molecular formula is C68H97N17O15S. The second-order valence-electron chi connectivity index (χ2n) is 26.4. The van der Waals surface area contributed by atoms with Crippen LogP contribution in [0.5, 0.6) is 0 Å². The van der Waals surface area contributed by atoms with Gasteiger partial charge >= 0.3 is 5.97 Å². The smallest absolute Gasteiger partial charge is 0.303 e. The first-order valence-corrected chi connectivity index (χ1v) is 34.9. The standard InChI is InChI=1S/C68H97N17O15S/c1-34(2)24-49-60(92)74-32-54(87)77-47(18-19-55(88)89)62(94)81-50(25-35(3)4)67(99)84-56(36(5)6)68(100)83-52(27-40-30-73-45-17-13-11-15-43(40)45)64(96)78-48(63(95)85-57(38(8)86)58(69)90)21-23-101-22-20-46(70-9)61(93)76-37(7)59(91)79-51(26-39-29-72-44-16-12-10-14-42(39)44)65(97)82-53(66(98)80-49)28-41-31-71-33-75-41/h10-17,29-31,33-38,46-53,56-57,70,72-73,86H,18-28,32H2,1-9H3,(H2,69,90)(H,71,75)(H,74,92)(H,76,93)(H,77,87)(H,78,96)(H,79,91)(H,80,98)(H,81,94)(H,82,97)(H,83,100)(H,84,99)(H,85,95)(H,88,89)/t37-,38+,46-,47-,48-,49-,50-,51-,52-,53-,56-,57-/m0/s1. The molecule has 12 atom stereocenters. The number of hydrogen-bond donors (Lipinski definition) is 18. The number of aliphatic hydroxyl groups excluding tert-OH is 1. The maximum absolute atomic E-state index is 14.9. The van der Waals surface area contributed by atoms with Gasteiger partial charge in [-0.2, -0.15) is 11.8 Å². The topological polar surface area (TPSA) is 493 Å². The first kappa shape index (κ1) is 80.1. The summed E-state index contributed by atoms with van der Waals surface area (Å²) >= 11 is 1.27. The van der Waals surface area contributed by atoms with Crippen molar-refractivity contribution in [1.82, 2.24) is 83.7 Å².